The lowest BCUT2D eigenvalue weighted by atomic mass is 10.1. The van der Waals surface area contributed by atoms with Gasteiger partial charge in [-0.15, -0.1) is 0 Å². The second-order valence-electron chi connectivity index (χ2n) is 7.34. The van der Waals surface area contributed by atoms with E-state index in [0.29, 0.717) is 22.7 Å². The molecule has 2 aromatic carbocycles. The van der Waals surface area contributed by atoms with Crippen LogP contribution in [0, 0.1) is 5.82 Å². The number of amides is 1. The smallest absolute Gasteiger partial charge is 0.229 e. The first-order valence-electron chi connectivity index (χ1n) is 9.83. The molecule has 4 aromatic rings. The van der Waals surface area contributed by atoms with Crippen molar-refractivity contribution in [2.45, 2.75) is 6.42 Å². The number of hydrogen-bond acceptors (Lipinski definition) is 5. The minimum absolute atomic E-state index is 0.0210. The molecule has 4 rings (SSSR count). The second-order valence-corrected chi connectivity index (χ2v) is 7.75. The fourth-order valence-electron chi connectivity index (χ4n) is 3.17. The molecule has 0 spiro atoms. The van der Waals surface area contributed by atoms with Crippen LogP contribution in [0.5, 0.6) is 0 Å². The maximum Gasteiger partial charge on any atom is 0.229 e. The predicted octanol–water partition coefficient (Wildman–Crippen LogP) is 5.44. The third-order valence-electron chi connectivity index (χ3n) is 4.81. The zero-order valence-electron chi connectivity index (χ0n) is 17.5. The lowest BCUT2D eigenvalue weighted by Gasteiger charge is -2.13. The SMILES string of the molecule is CN(C)c1ccc(CC(=O)Nc2cnc(-c3ccc(F)c(Cl)c3)c(-c3ccco3)n2)cc1. The van der Waals surface area contributed by atoms with Crippen LogP contribution in [0.1, 0.15) is 5.56 Å². The van der Waals surface area contributed by atoms with Crippen molar-refractivity contribution in [1.82, 2.24) is 9.97 Å². The minimum Gasteiger partial charge on any atom is -0.463 e. The summed E-state index contributed by atoms with van der Waals surface area (Å²) < 4.78 is 19.1. The Morgan fingerprint density at radius 2 is 1.91 bits per heavy atom. The van der Waals surface area contributed by atoms with Gasteiger partial charge in [0.1, 0.15) is 11.5 Å². The van der Waals surface area contributed by atoms with Gasteiger partial charge in [-0.2, -0.15) is 0 Å². The van der Waals surface area contributed by atoms with E-state index in [-0.39, 0.29) is 23.2 Å². The molecule has 0 saturated carbocycles. The molecule has 0 radical (unpaired) electrons. The summed E-state index contributed by atoms with van der Waals surface area (Å²) in [4.78, 5) is 23.5. The molecule has 0 aliphatic carbocycles. The van der Waals surface area contributed by atoms with Crippen LogP contribution in [0.4, 0.5) is 15.9 Å². The fraction of sp³-hybridized carbons (Fsp3) is 0.125. The molecule has 2 aromatic heterocycles. The number of anilines is 2. The number of benzene rings is 2. The average Bonchev–Trinajstić information content (AvgIpc) is 3.31. The van der Waals surface area contributed by atoms with Gasteiger partial charge in [0, 0.05) is 25.3 Å². The van der Waals surface area contributed by atoms with Crippen molar-refractivity contribution in [3.05, 3.63) is 83.5 Å². The maximum absolute atomic E-state index is 13.6. The summed E-state index contributed by atoms with van der Waals surface area (Å²) in [5.41, 5.74) is 3.38. The summed E-state index contributed by atoms with van der Waals surface area (Å²) in [6.45, 7) is 0. The summed E-state index contributed by atoms with van der Waals surface area (Å²) in [6, 6.07) is 15.5. The van der Waals surface area contributed by atoms with E-state index < -0.39 is 5.82 Å². The normalized spacial score (nSPS) is 10.8. The molecular formula is C24H20ClFN4O2. The van der Waals surface area contributed by atoms with E-state index in [1.807, 2.05) is 43.3 Å². The summed E-state index contributed by atoms with van der Waals surface area (Å²) in [5, 5.41) is 2.76. The van der Waals surface area contributed by atoms with Gasteiger partial charge in [0.2, 0.25) is 5.91 Å². The lowest BCUT2D eigenvalue weighted by molar-refractivity contribution is -0.115. The number of hydrogen-bond donors (Lipinski definition) is 1. The highest BCUT2D eigenvalue weighted by atomic mass is 35.5. The number of halogens is 2. The Bertz CT molecular complexity index is 1240. The number of rotatable bonds is 6. The molecule has 1 N–H and O–H groups in total. The van der Waals surface area contributed by atoms with Crippen LogP contribution in [0.25, 0.3) is 22.7 Å². The van der Waals surface area contributed by atoms with E-state index in [2.05, 4.69) is 15.3 Å². The van der Waals surface area contributed by atoms with Gasteiger partial charge < -0.3 is 14.6 Å². The second kappa shape index (κ2) is 9.20. The van der Waals surface area contributed by atoms with Crippen LogP contribution in [-0.2, 0) is 11.2 Å². The highest BCUT2D eigenvalue weighted by molar-refractivity contribution is 6.31. The number of aromatic nitrogens is 2. The van der Waals surface area contributed by atoms with Crippen molar-refractivity contribution >= 4 is 29.0 Å². The van der Waals surface area contributed by atoms with Gasteiger partial charge in [-0.25, -0.2) is 14.4 Å². The van der Waals surface area contributed by atoms with E-state index in [0.717, 1.165) is 11.3 Å². The van der Waals surface area contributed by atoms with Gasteiger partial charge in [0.15, 0.2) is 11.6 Å². The third-order valence-corrected chi connectivity index (χ3v) is 5.09. The molecule has 0 aliphatic rings. The van der Waals surface area contributed by atoms with Gasteiger partial charge in [0.25, 0.3) is 0 Å². The van der Waals surface area contributed by atoms with Gasteiger partial charge in [-0.05, 0) is 48.0 Å². The highest BCUT2D eigenvalue weighted by Gasteiger charge is 2.17. The van der Waals surface area contributed by atoms with E-state index in [9.17, 15) is 9.18 Å². The number of nitrogens with one attached hydrogen (secondary N) is 1. The molecule has 6 nitrogen and oxygen atoms in total. The lowest BCUT2D eigenvalue weighted by Crippen LogP contribution is -2.16. The third kappa shape index (κ3) is 4.78. The number of nitrogens with zero attached hydrogens (tertiary/aromatic N) is 3. The van der Waals surface area contributed by atoms with Gasteiger partial charge >= 0.3 is 0 Å². The number of furan rings is 1. The molecule has 0 aliphatic heterocycles. The number of carbonyl (C=O) groups is 1. The van der Waals surface area contributed by atoms with Gasteiger partial charge in [-0.1, -0.05) is 23.7 Å². The van der Waals surface area contributed by atoms with Crippen LogP contribution >= 0.6 is 11.6 Å². The van der Waals surface area contributed by atoms with Crippen molar-refractivity contribution in [2.24, 2.45) is 0 Å². The summed E-state index contributed by atoms with van der Waals surface area (Å²) >= 11 is 5.94. The van der Waals surface area contributed by atoms with Crippen molar-refractivity contribution in [3.8, 4) is 22.7 Å². The fourth-order valence-corrected chi connectivity index (χ4v) is 3.35. The van der Waals surface area contributed by atoms with E-state index in [4.69, 9.17) is 16.0 Å². The van der Waals surface area contributed by atoms with Crippen LogP contribution in [0.3, 0.4) is 0 Å². The Balaban J connectivity index is 1.59. The Morgan fingerprint density at radius 1 is 1.12 bits per heavy atom. The quantitative estimate of drug-likeness (QED) is 0.423. The van der Waals surface area contributed by atoms with Crippen molar-refractivity contribution in [2.75, 3.05) is 24.3 Å². The molecule has 32 heavy (non-hydrogen) atoms. The first kappa shape index (κ1) is 21.5. The summed E-state index contributed by atoms with van der Waals surface area (Å²) in [6.07, 6.45) is 3.16. The van der Waals surface area contributed by atoms with E-state index in [1.54, 1.807) is 18.2 Å². The Morgan fingerprint density at radius 3 is 2.56 bits per heavy atom. The Kier molecular flexibility index (Phi) is 6.18. The largest absolute Gasteiger partial charge is 0.463 e. The standard InChI is InChI=1S/C24H20ClFN4O2/c1-30(2)17-8-5-15(6-9-17)12-22(31)28-21-14-27-23(16-7-10-19(26)18(25)13-16)24(29-21)20-4-3-11-32-20/h3-11,13-14H,12H2,1-2H3,(H,28,29,31). The van der Waals surface area contributed by atoms with Crippen LogP contribution in [-0.4, -0.2) is 30.0 Å². The molecule has 0 saturated heterocycles. The summed E-state index contributed by atoms with van der Waals surface area (Å²) in [7, 11) is 3.92. The highest BCUT2D eigenvalue weighted by Crippen LogP contribution is 2.32. The zero-order valence-corrected chi connectivity index (χ0v) is 18.2. The average molecular weight is 451 g/mol. The molecule has 2 heterocycles. The van der Waals surface area contributed by atoms with Gasteiger partial charge in [-0.3, -0.25) is 4.79 Å². The summed E-state index contributed by atoms with van der Waals surface area (Å²) in [5.74, 6) is -0.00288. The topological polar surface area (TPSA) is 71.3 Å². The van der Waals surface area contributed by atoms with Crippen LogP contribution in [0.15, 0.2) is 71.5 Å². The van der Waals surface area contributed by atoms with Crippen molar-refractivity contribution < 1.29 is 13.6 Å². The van der Waals surface area contributed by atoms with E-state index in [1.165, 1.54) is 24.6 Å². The number of carbonyl (C=O) groups excluding carboxylic acids is 1. The Labute approximate surface area is 189 Å². The first-order chi connectivity index (χ1) is 15.4. The van der Waals surface area contributed by atoms with Crippen molar-refractivity contribution in [1.29, 1.82) is 0 Å². The van der Waals surface area contributed by atoms with Crippen LogP contribution < -0.4 is 10.2 Å². The molecule has 162 valence electrons. The molecule has 0 fully saturated rings. The molecule has 1 amide bonds. The first-order valence-corrected chi connectivity index (χ1v) is 10.2. The predicted molar refractivity (Wildman–Crippen MR) is 123 cm³/mol. The van der Waals surface area contributed by atoms with Gasteiger partial charge in [0.05, 0.1) is 29.6 Å². The monoisotopic (exact) mass is 450 g/mol. The van der Waals surface area contributed by atoms with E-state index >= 15 is 0 Å². The molecule has 8 heteroatoms. The van der Waals surface area contributed by atoms with Crippen molar-refractivity contribution in [3.63, 3.8) is 0 Å². The van der Waals surface area contributed by atoms with Crippen LogP contribution in [0.2, 0.25) is 5.02 Å². The molecule has 0 bridgehead atoms. The Hall–Kier alpha value is -3.71. The molecular weight excluding hydrogens is 431 g/mol. The molecule has 0 atom stereocenters. The maximum atomic E-state index is 13.6. The minimum atomic E-state index is -0.523. The molecule has 0 unspecified atom stereocenters. The zero-order chi connectivity index (χ0) is 22.7.